The van der Waals surface area contributed by atoms with Crippen molar-refractivity contribution >= 4 is 38.9 Å². The molecule has 4 aliphatic rings. The Balaban J connectivity index is 1.95. The number of ketones is 4. The zero-order chi connectivity index (χ0) is 55.9. The van der Waals surface area contributed by atoms with E-state index in [0.717, 1.165) is 20.8 Å². The molecule has 1 saturated heterocycles. The highest BCUT2D eigenvalue weighted by molar-refractivity contribution is 7.92. The van der Waals surface area contributed by atoms with E-state index in [4.69, 9.17) is 28.8 Å². The number of piperidine rings is 1. The molecule has 49 heavy (non-hydrogen) atoms. The van der Waals surface area contributed by atoms with Gasteiger partial charge in [-0.05, 0) is 86.7 Å². The van der Waals surface area contributed by atoms with Crippen LogP contribution in [0.25, 0.3) is 0 Å². The van der Waals surface area contributed by atoms with Crippen molar-refractivity contribution in [3.05, 3.63) is 0 Å². The number of hydrogen-bond donors (Lipinski definition) is 0. The number of carbonyl (C=O) groups is 5. The molecule has 5 atom stereocenters. The van der Waals surface area contributed by atoms with Gasteiger partial charge >= 0.3 is 0 Å². The number of sulfone groups is 1. The lowest BCUT2D eigenvalue weighted by Gasteiger charge is -2.40. The van der Waals surface area contributed by atoms with E-state index in [-0.39, 0.29) is 5.92 Å². The van der Waals surface area contributed by atoms with Crippen LogP contribution in [0.4, 0.5) is 0 Å². The predicted octanol–water partition coefficient (Wildman–Crippen LogP) is 7.35. The highest BCUT2D eigenvalue weighted by Crippen LogP contribution is 2.65. The maximum Gasteiger partial charge on any atom is 0.227 e. The second kappa shape index (κ2) is 14.6. The largest absolute Gasteiger partial charge is 0.332 e. The zero-order valence-corrected chi connectivity index (χ0v) is 30.0. The topological polar surface area (TPSA) is 123 Å². The van der Waals surface area contributed by atoms with Crippen LogP contribution in [0.2, 0.25) is 0 Å². The summed E-state index contributed by atoms with van der Waals surface area (Å²) in [4.78, 5) is 72.9. The quantitative estimate of drug-likeness (QED) is 0.144. The number of nitrogens with zero attached hydrogens (tertiary/aromatic N) is 1. The van der Waals surface area contributed by atoms with E-state index >= 15 is 4.79 Å². The average molecular weight is 726 g/mol. The molecule has 0 spiro atoms. The van der Waals surface area contributed by atoms with E-state index in [1.807, 2.05) is 0 Å². The smallest absolute Gasteiger partial charge is 0.227 e. The first-order valence-electron chi connectivity index (χ1n) is 27.7. The lowest BCUT2D eigenvalue weighted by atomic mass is 9.70. The fourth-order valence-corrected chi connectivity index (χ4v) is 8.26. The summed E-state index contributed by atoms with van der Waals surface area (Å²) < 4.78 is 214. The number of hydrogen-bond acceptors (Lipinski definition) is 7. The molecule has 0 aromatic heterocycles. The molecule has 0 bridgehead atoms. The molecular weight excluding hydrogens is 639 g/mol. The van der Waals surface area contributed by atoms with Crippen molar-refractivity contribution in [2.75, 3.05) is 12.3 Å². The third kappa shape index (κ3) is 9.13. The van der Waals surface area contributed by atoms with Crippen molar-refractivity contribution in [1.29, 1.82) is 0 Å². The summed E-state index contributed by atoms with van der Waals surface area (Å²) in [7, 11) is -4.99. The summed E-state index contributed by atoms with van der Waals surface area (Å²) in [5, 5.41) is 0. The van der Waals surface area contributed by atoms with E-state index in [1.165, 1.54) is 0 Å². The highest BCUT2D eigenvalue weighted by Gasteiger charge is 2.69. The lowest BCUT2D eigenvalue weighted by molar-refractivity contribution is -0.148. The van der Waals surface area contributed by atoms with Gasteiger partial charge in [-0.3, -0.25) is 24.0 Å². The first kappa shape index (κ1) is 19.3. The van der Waals surface area contributed by atoms with Crippen LogP contribution < -0.4 is 0 Å². The standard InChI is InChI=1S/C40H65NO7S/c1-10-11-15-27(35(45)32(44)20-26-16-17-26)21-31(43)34-33-30(39(33,8)9)24-41(34)36(46)29(37(2,3)4)22-28(42)23-40(18-13-12-14-19-40)25-49(47,48)38(5,6)7/h26-27,29-30,33-34H,10-25H2,1-9H3/t27-,29-,30+,33+,34-/m1/s1/i1D3,2D3,3D3,12D2,13D2,14D2,15D2,18D2,19D2,27D. The number of Topliss-reactive ketones (excluding diaryl/α,β-unsaturated/α-hetero) is 4. The van der Waals surface area contributed by atoms with Gasteiger partial charge in [-0.25, -0.2) is 8.42 Å². The van der Waals surface area contributed by atoms with Gasteiger partial charge in [0.15, 0.2) is 21.4 Å². The molecule has 9 heteroatoms. The van der Waals surface area contributed by atoms with Gasteiger partial charge in [0.25, 0.3) is 0 Å². The third-order valence-electron chi connectivity index (χ3n) is 10.4. The predicted molar refractivity (Wildman–Crippen MR) is 192 cm³/mol. The van der Waals surface area contributed by atoms with Crippen molar-refractivity contribution < 1.29 is 62.5 Å². The number of rotatable bonds is 17. The normalized spacial score (nSPS) is 39.6. The first-order valence-corrected chi connectivity index (χ1v) is 18.4. The van der Waals surface area contributed by atoms with Gasteiger partial charge < -0.3 is 4.90 Å². The molecule has 1 amide bonds. The summed E-state index contributed by atoms with van der Waals surface area (Å²) in [5.74, 6) is -17.1. The summed E-state index contributed by atoms with van der Waals surface area (Å²) in [6, 6.07) is -1.85. The van der Waals surface area contributed by atoms with Gasteiger partial charge in [-0.2, -0.15) is 0 Å². The van der Waals surface area contributed by atoms with E-state index in [9.17, 15) is 29.0 Å². The SMILES string of the molecule is [2H]C([2H])([2H])CCC([2H])([2H])[C@]([2H])(CC(=O)[C@@H]1[C@@H]2[C@H](CN1C(=O)[C@@H](CC(=O)CC1(CS(=O)(=O)C(C)(C)C)C([2H])([2H])C([2H])([2H])C([2H])([2H])C([2H])([2H])C1([2H])[2H])C(C)(C([2H])([2H])[2H])C([2H])([2H])[2H])C2(C)C)C(=O)C(=O)CC1CC1. The van der Waals surface area contributed by atoms with Crippen LogP contribution in [-0.2, 0) is 33.8 Å². The molecule has 0 aromatic rings. The number of likely N-dealkylation sites (tertiary alicyclic amines) is 1. The van der Waals surface area contributed by atoms with Crippen LogP contribution in [-0.4, -0.2) is 65.4 Å². The second-order valence-electron chi connectivity index (χ2n) is 15.8. The van der Waals surface area contributed by atoms with Crippen LogP contribution in [0.1, 0.15) is 182 Å². The lowest BCUT2D eigenvalue weighted by Crippen LogP contribution is -2.51. The van der Waals surface area contributed by atoms with E-state index in [2.05, 4.69) is 0 Å². The molecule has 4 fully saturated rings. The number of amides is 1. The van der Waals surface area contributed by atoms with Crippen molar-refractivity contribution in [2.45, 2.75) is 162 Å². The Kier molecular flexibility index (Phi) is 5.74. The van der Waals surface area contributed by atoms with Crippen molar-refractivity contribution in [1.82, 2.24) is 4.90 Å². The minimum Gasteiger partial charge on any atom is -0.332 e. The maximum atomic E-state index is 15.3. The van der Waals surface area contributed by atoms with Crippen LogP contribution >= 0.6 is 0 Å². The fraction of sp³-hybridized carbons (Fsp3) is 0.875. The zero-order valence-electron chi connectivity index (χ0n) is 51.2. The summed E-state index contributed by atoms with van der Waals surface area (Å²) in [6.07, 6.45) is -30.1. The molecule has 3 saturated carbocycles. The Hall–Kier alpha value is -1.90. The molecular formula is C40H65NO7S. The summed E-state index contributed by atoms with van der Waals surface area (Å²) in [6.45, 7) is -3.75. The van der Waals surface area contributed by atoms with Crippen LogP contribution in [0.5, 0.6) is 0 Å². The van der Waals surface area contributed by atoms with E-state index in [1.54, 1.807) is 13.8 Å². The Morgan fingerprint density at radius 2 is 1.67 bits per heavy atom. The van der Waals surface area contributed by atoms with Crippen molar-refractivity contribution in [3.63, 3.8) is 0 Å². The monoisotopic (exact) mass is 726 g/mol. The highest BCUT2D eigenvalue weighted by atomic mass is 32.2. The van der Waals surface area contributed by atoms with Gasteiger partial charge in [0, 0.05) is 74.2 Å². The Morgan fingerprint density at radius 1 is 1.02 bits per heavy atom. The van der Waals surface area contributed by atoms with E-state index < -0.39 is 199 Å². The van der Waals surface area contributed by atoms with Gasteiger partial charge in [0.2, 0.25) is 11.7 Å². The Morgan fingerprint density at radius 3 is 2.24 bits per heavy atom. The minimum absolute atomic E-state index is 0.263. The van der Waals surface area contributed by atoms with Gasteiger partial charge in [0.1, 0.15) is 5.78 Å². The summed E-state index contributed by atoms with van der Waals surface area (Å²) in [5.41, 5.74) is -7.97. The second-order valence-corrected chi connectivity index (χ2v) is 18.6. The van der Waals surface area contributed by atoms with Crippen molar-refractivity contribution in [2.24, 2.45) is 45.8 Å². The Labute approximate surface area is 327 Å². The van der Waals surface area contributed by atoms with Gasteiger partial charge in [-0.1, -0.05) is 73.3 Å². The molecule has 8 nitrogen and oxygen atoms in total. The van der Waals surface area contributed by atoms with Crippen LogP contribution in [0.3, 0.4) is 0 Å². The molecule has 1 aliphatic heterocycles. The van der Waals surface area contributed by atoms with Crippen LogP contribution in [0, 0.1) is 45.8 Å². The van der Waals surface area contributed by atoms with E-state index in [0.29, 0.717) is 24.7 Å². The van der Waals surface area contributed by atoms with Crippen LogP contribution in [0.15, 0.2) is 0 Å². The first-order chi connectivity index (χ1) is 31.1. The third-order valence-corrected chi connectivity index (χ3v) is 13.1. The molecule has 0 radical (unpaired) electrons. The molecule has 0 unspecified atom stereocenters. The minimum atomic E-state index is -4.99. The summed E-state index contributed by atoms with van der Waals surface area (Å²) >= 11 is 0. The molecule has 4 rings (SSSR count). The molecule has 0 aromatic carbocycles. The average Bonchev–Trinajstić information content (AvgIpc) is 4.02. The van der Waals surface area contributed by atoms with Crippen molar-refractivity contribution in [3.8, 4) is 0 Å². The molecule has 0 N–H and O–H groups in total. The number of fused-ring (bicyclic) bond motifs is 1. The fourth-order valence-electron chi connectivity index (χ4n) is 6.93. The van der Waals surface area contributed by atoms with Gasteiger partial charge in [0.05, 0.1) is 16.5 Å². The molecule has 1 heterocycles. The maximum absolute atomic E-state index is 15.3. The Bertz CT molecular complexity index is 2230. The molecule has 278 valence electrons. The molecule has 3 aliphatic carbocycles. The number of carbonyl (C=O) groups excluding carboxylic acids is 5. The van der Waals surface area contributed by atoms with Gasteiger partial charge in [-0.15, -0.1) is 0 Å².